The molecule has 0 atom stereocenters. The van der Waals surface area contributed by atoms with Gasteiger partial charge in [0.15, 0.2) is 0 Å². The summed E-state index contributed by atoms with van der Waals surface area (Å²) in [5.74, 6) is -1.38. The molecule has 1 aliphatic heterocycles. The molecule has 16 heteroatoms. The summed E-state index contributed by atoms with van der Waals surface area (Å²) >= 11 is 12.2. The van der Waals surface area contributed by atoms with E-state index < -0.39 is 46.7 Å². The maximum atomic E-state index is 13.2. The van der Waals surface area contributed by atoms with E-state index in [1.165, 1.54) is 30.3 Å². The van der Waals surface area contributed by atoms with E-state index in [4.69, 9.17) is 23.2 Å². The second kappa shape index (κ2) is 9.73. The van der Waals surface area contributed by atoms with Crippen molar-refractivity contribution >= 4 is 40.7 Å². The Bertz CT molecular complexity index is 1740. The predicted molar refractivity (Wildman–Crippen MR) is 134 cm³/mol. The summed E-state index contributed by atoms with van der Waals surface area (Å²) in [6.07, 6.45) is -10.2. The first kappa shape index (κ1) is 28.4. The van der Waals surface area contributed by atoms with E-state index in [1.807, 2.05) is 0 Å². The first-order valence-corrected chi connectivity index (χ1v) is 12.1. The molecule has 0 saturated heterocycles. The number of alkyl halides is 6. The monoisotopic (exact) mass is 615 g/mol. The molecule has 0 fully saturated rings. The average Bonchev–Trinajstić information content (AvgIpc) is 3.37. The Balaban J connectivity index is 1.46. The van der Waals surface area contributed by atoms with Crippen molar-refractivity contribution in [2.75, 3.05) is 4.90 Å². The summed E-state index contributed by atoms with van der Waals surface area (Å²) in [5.41, 5.74) is -4.20. The Morgan fingerprint density at radius 1 is 0.756 bits per heavy atom. The molecular weight excluding hydrogens is 603 g/mol. The van der Waals surface area contributed by atoms with E-state index in [-0.39, 0.29) is 39.5 Å². The van der Waals surface area contributed by atoms with Crippen LogP contribution in [0.4, 0.5) is 32.0 Å². The Kier molecular flexibility index (Phi) is 6.73. The third-order valence-corrected chi connectivity index (χ3v) is 6.86. The molecule has 0 bridgehead atoms. The van der Waals surface area contributed by atoms with Crippen molar-refractivity contribution in [2.45, 2.75) is 25.8 Å². The number of fused-ring (bicyclic) bond motifs is 1. The van der Waals surface area contributed by atoms with Crippen molar-refractivity contribution in [1.82, 2.24) is 19.8 Å². The highest BCUT2D eigenvalue weighted by Gasteiger charge is 2.41. The number of amides is 2. The summed E-state index contributed by atoms with van der Waals surface area (Å²) in [4.78, 5) is 39.8. The fraction of sp³-hybridized carbons (Fsp3) is 0.160. The number of rotatable bonds is 4. The van der Waals surface area contributed by atoms with Gasteiger partial charge in [-0.15, -0.1) is 0 Å². The Morgan fingerprint density at radius 2 is 1.29 bits per heavy atom. The minimum Gasteiger partial charge on any atom is -0.268 e. The van der Waals surface area contributed by atoms with Gasteiger partial charge in [-0.25, -0.2) is 9.69 Å². The second-order valence-electron chi connectivity index (χ2n) is 8.94. The first-order chi connectivity index (χ1) is 19.1. The SMILES string of the molecule is Cc1cc(Cn2nnn(-c3cc(C(F)(F)F)cc(C(F)(F)F)c3)c2=O)ccc1N1C(=O)c2c(Cl)ccc(Cl)c2C1=O. The van der Waals surface area contributed by atoms with Crippen molar-refractivity contribution in [3.05, 3.63) is 102 Å². The van der Waals surface area contributed by atoms with E-state index in [2.05, 4.69) is 10.4 Å². The van der Waals surface area contributed by atoms with Gasteiger partial charge in [0.05, 0.1) is 50.2 Å². The van der Waals surface area contributed by atoms with Crippen LogP contribution in [0.3, 0.4) is 0 Å². The number of anilines is 1. The van der Waals surface area contributed by atoms with E-state index >= 15 is 0 Å². The van der Waals surface area contributed by atoms with Crippen LogP contribution in [0.1, 0.15) is 43.0 Å². The molecule has 1 aliphatic rings. The molecule has 4 aromatic rings. The van der Waals surface area contributed by atoms with E-state index in [0.29, 0.717) is 27.9 Å². The lowest BCUT2D eigenvalue weighted by Crippen LogP contribution is -2.30. The fourth-order valence-corrected chi connectivity index (χ4v) is 4.82. The summed E-state index contributed by atoms with van der Waals surface area (Å²) in [5, 5.41) is 7.12. The number of carbonyl (C=O) groups excluding carboxylic acids is 2. The molecule has 212 valence electrons. The number of aromatic nitrogens is 4. The van der Waals surface area contributed by atoms with Gasteiger partial charge >= 0.3 is 18.0 Å². The topological polar surface area (TPSA) is 90.1 Å². The molecule has 8 nitrogen and oxygen atoms in total. The minimum atomic E-state index is -5.12. The van der Waals surface area contributed by atoms with Crippen molar-refractivity contribution in [3.63, 3.8) is 0 Å². The van der Waals surface area contributed by atoms with Crippen LogP contribution >= 0.6 is 23.2 Å². The highest BCUT2D eigenvalue weighted by Crippen LogP contribution is 2.39. The lowest BCUT2D eigenvalue weighted by Gasteiger charge is -2.17. The lowest BCUT2D eigenvalue weighted by atomic mass is 10.1. The molecule has 41 heavy (non-hydrogen) atoms. The number of hydrogen-bond donors (Lipinski definition) is 0. The third-order valence-electron chi connectivity index (χ3n) is 6.23. The number of hydrogen-bond acceptors (Lipinski definition) is 5. The zero-order valence-corrected chi connectivity index (χ0v) is 21.8. The first-order valence-electron chi connectivity index (χ1n) is 11.4. The highest BCUT2D eigenvalue weighted by atomic mass is 35.5. The molecule has 5 rings (SSSR count). The number of imide groups is 1. The summed E-state index contributed by atoms with van der Waals surface area (Å²) in [6.45, 7) is 1.29. The van der Waals surface area contributed by atoms with E-state index in [0.717, 1.165) is 9.58 Å². The Hall–Kier alpha value is -4.17. The maximum absolute atomic E-state index is 13.2. The maximum Gasteiger partial charge on any atom is 0.416 e. The minimum absolute atomic E-state index is 0.0425. The molecule has 0 N–H and O–H groups in total. The van der Waals surface area contributed by atoms with Crippen LogP contribution in [0.2, 0.25) is 10.0 Å². The molecule has 0 spiro atoms. The zero-order chi connectivity index (χ0) is 30.0. The van der Waals surface area contributed by atoms with Crippen LogP contribution in [0.15, 0.2) is 53.3 Å². The van der Waals surface area contributed by atoms with Crippen LogP contribution in [0.25, 0.3) is 5.69 Å². The molecule has 2 amide bonds. The molecular formula is C25H13Cl2F6N5O3. The van der Waals surface area contributed by atoms with Gasteiger partial charge in [0.1, 0.15) is 0 Å². The molecule has 3 aromatic carbocycles. The van der Waals surface area contributed by atoms with Gasteiger partial charge in [-0.3, -0.25) is 9.59 Å². The summed E-state index contributed by atoms with van der Waals surface area (Å²) in [7, 11) is 0. The van der Waals surface area contributed by atoms with Gasteiger partial charge in [-0.1, -0.05) is 35.3 Å². The van der Waals surface area contributed by atoms with Gasteiger partial charge in [0.2, 0.25) is 0 Å². The lowest BCUT2D eigenvalue weighted by molar-refractivity contribution is -0.143. The van der Waals surface area contributed by atoms with Crippen LogP contribution in [-0.2, 0) is 18.9 Å². The van der Waals surface area contributed by atoms with Gasteiger partial charge in [-0.2, -0.15) is 35.7 Å². The number of tetrazole rings is 1. The van der Waals surface area contributed by atoms with Crippen LogP contribution < -0.4 is 10.6 Å². The third kappa shape index (κ3) is 4.97. The molecule has 0 unspecified atom stereocenters. The van der Waals surface area contributed by atoms with Crippen molar-refractivity contribution < 1.29 is 35.9 Å². The molecule has 0 saturated carbocycles. The number of nitrogens with zero attached hydrogens (tertiary/aromatic N) is 5. The number of halogens is 8. The van der Waals surface area contributed by atoms with Crippen LogP contribution in [-0.4, -0.2) is 31.6 Å². The smallest absolute Gasteiger partial charge is 0.268 e. The second-order valence-corrected chi connectivity index (χ2v) is 9.76. The van der Waals surface area contributed by atoms with Crippen molar-refractivity contribution in [2.24, 2.45) is 0 Å². The van der Waals surface area contributed by atoms with E-state index in [9.17, 15) is 40.7 Å². The van der Waals surface area contributed by atoms with Crippen LogP contribution in [0, 0.1) is 6.92 Å². The zero-order valence-electron chi connectivity index (χ0n) is 20.3. The molecule has 0 radical (unpaired) electrons. The van der Waals surface area contributed by atoms with Crippen molar-refractivity contribution in [3.8, 4) is 5.69 Å². The van der Waals surface area contributed by atoms with Gasteiger partial charge < -0.3 is 0 Å². The van der Waals surface area contributed by atoms with Gasteiger partial charge in [0.25, 0.3) is 11.8 Å². The van der Waals surface area contributed by atoms with Crippen LogP contribution in [0.5, 0.6) is 0 Å². The molecule has 0 aliphatic carbocycles. The highest BCUT2D eigenvalue weighted by molar-refractivity contribution is 6.46. The standard InChI is InChI=1S/C25H13Cl2F6N5O3/c1-11-6-12(2-5-18(11)37-21(39)19-16(26)3-4-17(27)20(19)22(37)40)10-36-23(41)38(35-34-36)15-8-13(24(28,29)30)7-14(9-15)25(31,32)33/h2-9H,10H2,1H3. The average molecular weight is 616 g/mol. The molecule has 1 aromatic heterocycles. The number of benzene rings is 3. The summed E-state index contributed by atoms with van der Waals surface area (Å²) < 4.78 is 80.5. The Labute approximate surface area is 235 Å². The number of aryl methyl sites for hydroxylation is 1. The quantitative estimate of drug-likeness (QED) is 0.210. The van der Waals surface area contributed by atoms with Crippen molar-refractivity contribution in [1.29, 1.82) is 0 Å². The van der Waals surface area contributed by atoms with Gasteiger partial charge in [0, 0.05) is 0 Å². The fourth-order valence-electron chi connectivity index (χ4n) is 4.34. The largest absolute Gasteiger partial charge is 0.416 e. The summed E-state index contributed by atoms with van der Waals surface area (Å²) in [6, 6.07) is 7.81. The number of carbonyl (C=O) groups is 2. The molecule has 2 heterocycles. The Morgan fingerprint density at radius 3 is 1.78 bits per heavy atom. The normalized spacial score (nSPS) is 13.7. The van der Waals surface area contributed by atoms with E-state index in [1.54, 1.807) is 6.92 Å². The van der Waals surface area contributed by atoms with Gasteiger partial charge in [-0.05, 0) is 64.9 Å². The predicted octanol–water partition coefficient (Wildman–Crippen LogP) is 5.93.